The van der Waals surface area contributed by atoms with Gasteiger partial charge in [0.15, 0.2) is 0 Å². The smallest absolute Gasteiger partial charge is 0.00258 e. The van der Waals surface area contributed by atoms with Crippen molar-refractivity contribution in [2.24, 2.45) is 5.92 Å². The van der Waals surface area contributed by atoms with Crippen LogP contribution >= 0.6 is 0 Å². The summed E-state index contributed by atoms with van der Waals surface area (Å²) in [4.78, 5) is 0. The molecule has 0 nitrogen and oxygen atoms in total. The molecule has 3 aromatic rings. The normalized spacial score (nSPS) is 16.3. The minimum atomic E-state index is 0.664. The van der Waals surface area contributed by atoms with Crippen LogP contribution in [-0.4, -0.2) is 0 Å². The molecule has 128 valence electrons. The standard InChI is InChI=1S/C26H24/c1-20-7-13-24(14-8-20)26-17-11-22(12-18-26)19-21-9-15-25(16-10-21)23-5-3-2-4-6-23/h2-7,9-18,20H,8,19H2,1H3. The van der Waals surface area contributed by atoms with Crippen LogP contribution in [0.1, 0.15) is 30.0 Å². The maximum atomic E-state index is 2.35. The Kier molecular flexibility index (Phi) is 4.84. The number of hydrogen-bond donors (Lipinski definition) is 0. The van der Waals surface area contributed by atoms with E-state index in [2.05, 4.69) is 104 Å². The zero-order valence-electron chi connectivity index (χ0n) is 15.2. The van der Waals surface area contributed by atoms with Crippen molar-refractivity contribution in [1.29, 1.82) is 0 Å². The van der Waals surface area contributed by atoms with Crippen LogP contribution in [0.2, 0.25) is 0 Å². The van der Waals surface area contributed by atoms with Gasteiger partial charge in [-0.05, 0) is 52.1 Å². The number of allylic oxidation sites excluding steroid dienone is 4. The molecule has 3 aromatic carbocycles. The van der Waals surface area contributed by atoms with E-state index in [1.165, 1.54) is 33.4 Å². The maximum Gasteiger partial charge on any atom is -0.00258 e. The molecule has 0 spiro atoms. The minimum Gasteiger partial charge on any atom is -0.0808 e. The lowest BCUT2D eigenvalue weighted by molar-refractivity contribution is 0.739. The zero-order valence-corrected chi connectivity index (χ0v) is 15.2. The van der Waals surface area contributed by atoms with E-state index in [1.54, 1.807) is 0 Å². The van der Waals surface area contributed by atoms with Crippen LogP contribution in [0.15, 0.2) is 97.1 Å². The highest BCUT2D eigenvalue weighted by Crippen LogP contribution is 2.25. The van der Waals surface area contributed by atoms with Gasteiger partial charge in [-0.25, -0.2) is 0 Å². The average molecular weight is 336 g/mol. The quantitative estimate of drug-likeness (QED) is 0.485. The molecule has 0 saturated carbocycles. The Morgan fingerprint density at radius 1 is 0.692 bits per heavy atom. The lowest BCUT2D eigenvalue weighted by Gasteiger charge is -2.12. The molecule has 0 saturated heterocycles. The Labute approximate surface area is 156 Å². The summed E-state index contributed by atoms with van der Waals surface area (Å²) < 4.78 is 0. The predicted molar refractivity (Wildman–Crippen MR) is 112 cm³/mol. The number of benzene rings is 3. The van der Waals surface area contributed by atoms with E-state index in [-0.39, 0.29) is 0 Å². The van der Waals surface area contributed by atoms with Crippen molar-refractivity contribution in [2.45, 2.75) is 19.8 Å². The lowest BCUT2D eigenvalue weighted by Crippen LogP contribution is -1.95. The third-order valence-electron chi connectivity index (χ3n) is 5.07. The lowest BCUT2D eigenvalue weighted by atomic mass is 9.93. The Hall–Kier alpha value is -2.86. The molecule has 0 fully saturated rings. The van der Waals surface area contributed by atoms with Crippen LogP contribution in [0.4, 0.5) is 0 Å². The van der Waals surface area contributed by atoms with Crippen LogP contribution in [0, 0.1) is 5.92 Å². The molecule has 26 heavy (non-hydrogen) atoms. The summed E-state index contributed by atoms with van der Waals surface area (Å²) in [7, 11) is 0. The van der Waals surface area contributed by atoms with Crippen molar-refractivity contribution >= 4 is 5.57 Å². The highest BCUT2D eigenvalue weighted by Gasteiger charge is 2.06. The molecule has 1 atom stereocenters. The zero-order chi connectivity index (χ0) is 17.8. The summed E-state index contributed by atoms with van der Waals surface area (Å²) in [5, 5.41) is 0. The summed E-state index contributed by atoms with van der Waals surface area (Å²) in [6, 6.07) is 28.5. The van der Waals surface area contributed by atoms with Gasteiger partial charge in [-0.3, -0.25) is 0 Å². The van der Waals surface area contributed by atoms with E-state index in [0.717, 1.165) is 12.8 Å². The fourth-order valence-corrected chi connectivity index (χ4v) is 3.44. The van der Waals surface area contributed by atoms with Crippen molar-refractivity contribution in [3.05, 3.63) is 114 Å². The van der Waals surface area contributed by atoms with Crippen LogP contribution in [0.5, 0.6) is 0 Å². The van der Waals surface area contributed by atoms with Gasteiger partial charge in [0, 0.05) is 0 Å². The fraction of sp³-hybridized carbons (Fsp3) is 0.154. The molecule has 0 aromatic heterocycles. The van der Waals surface area contributed by atoms with Gasteiger partial charge in [0.1, 0.15) is 0 Å². The molecule has 1 aliphatic carbocycles. The molecule has 0 N–H and O–H groups in total. The molecule has 0 aliphatic heterocycles. The molecule has 0 amide bonds. The first-order chi connectivity index (χ1) is 12.8. The van der Waals surface area contributed by atoms with Gasteiger partial charge in [-0.2, -0.15) is 0 Å². The van der Waals surface area contributed by atoms with Crippen LogP contribution in [0.25, 0.3) is 16.7 Å². The molecule has 1 aliphatic rings. The van der Waals surface area contributed by atoms with E-state index < -0.39 is 0 Å². The van der Waals surface area contributed by atoms with Crippen molar-refractivity contribution in [2.75, 3.05) is 0 Å². The van der Waals surface area contributed by atoms with E-state index in [4.69, 9.17) is 0 Å². The second-order valence-electron chi connectivity index (χ2n) is 7.17. The predicted octanol–water partition coefficient (Wildman–Crippen LogP) is 6.92. The first kappa shape index (κ1) is 16.6. The van der Waals surface area contributed by atoms with Crippen LogP contribution in [0.3, 0.4) is 0 Å². The van der Waals surface area contributed by atoms with Crippen LogP contribution < -0.4 is 0 Å². The van der Waals surface area contributed by atoms with Gasteiger partial charge in [0.05, 0.1) is 0 Å². The minimum absolute atomic E-state index is 0.664. The molecule has 0 radical (unpaired) electrons. The number of rotatable bonds is 4. The highest BCUT2D eigenvalue weighted by molar-refractivity contribution is 5.75. The topological polar surface area (TPSA) is 0 Å². The summed E-state index contributed by atoms with van der Waals surface area (Å²) >= 11 is 0. The average Bonchev–Trinajstić information content (AvgIpc) is 2.71. The van der Waals surface area contributed by atoms with Crippen molar-refractivity contribution in [3.63, 3.8) is 0 Å². The second kappa shape index (κ2) is 7.58. The third-order valence-corrected chi connectivity index (χ3v) is 5.07. The molecule has 1 unspecified atom stereocenters. The fourth-order valence-electron chi connectivity index (χ4n) is 3.44. The van der Waals surface area contributed by atoms with E-state index in [9.17, 15) is 0 Å². The molecule has 0 heteroatoms. The molecular weight excluding hydrogens is 312 g/mol. The largest absolute Gasteiger partial charge is 0.0808 e. The highest BCUT2D eigenvalue weighted by atomic mass is 14.1. The summed E-state index contributed by atoms with van der Waals surface area (Å²) in [5.41, 5.74) is 7.91. The van der Waals surface area contributed by atoms with Gasteiger partial charge in [-0.1, -0.05) is 104 Å². The van der Waals surface area contributed by atoms with E-state index in [0.29, 0.717) is 5.92 Å². The Morgan fingerprint density at radius 2 is 1.27 bits per heavy atom. The Balaban J connectivity index is 1.45. The third kappa shape index (κ3) is 3.86. The van der Waals surface area contributed by atoms with Crippen molar-refractivity contribution in [3.8, 4) is 11.1 Å². The molecule has 0 bridgehead atoms. The van der Waals surface area contributed by atoms with E-state index in [1.807, 2.05) is 0 Å². The summed E-state index contributed by atoms with van der Waals surface area (Å²) in [6.45, 7) is 2.26. The summed E-state index contributed by atoms with van der Waals surface area (Å²) in [5.74, 6) is 0.664. The van der Waals surface area contributed by atoms with Gasteiger partial charge >= 0.3 is 0 Å². The number of hydrogen-bond acceptors (Lipinski definition) is 0. The Morgan fingerprint density at radius 3 is 1.85 bits per heavy atom. The van der Waals surface area contributed by atoms with Gasteiger partial charge in [-0.15, -0.1) is 0 Å². The second-order valence-corrected chi connectivity index (χ2v) is 7.17. The van der Waals surface area contributed by atoms with Crippen molar-refractivity contribution < 1.29 is 0 Å². The molecule has 0 heterocycles. The molecular formula is C26H24. The SMILES string of the molecule is CC1C=CC(c2ccc(Cc3ccc(-c4ccccc4)cc3)cc2)=CC1. The maximum absolute atomic E-state index is 2.35. The van der Waals surface area contributed by atoms with Gasteiger partial charge < -0.3 is 0 Å². The van der Waals surface area contributed by atoms with Gasteiger partial charge in [0.2, 0.25) is 0 Å². The Bertz CT molecular complexity index is 910. The summed E-state index contributed by atoms with van der Waals surface area (Å²) in [6.07, 6.45) is 9.02. The molecule has 4 rings (SSSR count). The van der Waals surface area contributed by atoms with Gasteiger partial charge in [0.25, 0.3) is 0 Å². The monoisotopic (exact) mass is 336 g/mol. The first-order valence-electron chi connectivity index (χ1n) is 9.40. The van der Waals surface area contributed by atoms with Crippen LogP contribution in [-0.2, 0) is 6.42 Å². The van der Waals surface area contributed by atoms with E-state index >= 15 is 0 Å². The first-order valence-corrected chi connectivity index (χ1v) is 9.40. The van der Waals surface area contributed by atoms with Crippen molar-refractivity contribution in [1.82, 2.24) is 0 Å².